The molecule has 1 aromatic rings. The van der Waals surface area contributed by atoms with Crippen LogP contribution in [0.15, 0.2) is 12.3 Å². The van der Waals surface area contributed by atoms with Crippen molar-refractivity contribution in [3.63, 3.8) is 0 Å². The second-order valence-electron chi connectivity index (χ2n) is 5.47. The van der Waals surface area contributed by atoms with Crippen molar-refractivity contribution in [2.75, 3.05) is 11.9 Å². The van der Waals surface area contributed by atoms with E-state index in [4.69, 9.17) is 11.6 Å². The fourth-order valence-corrected chi connectivity index (χ4v) is 3.01. The van der Waals surface area contributed by atoms with E-state index >= 15 is 0 Å². The summed E-state index contributed by atoms with van der Waals surface area (Å²) in [6, 6.07) is 0.921. The summed E-state index contributed by atoms with van der Waals surface area (Å²) >= 11 is 5.88. The van der Waals surface area contributed by atoms with E-state index in [1.54, 1.807) is 0 Å². The number of nitrogens with zero attached hydrogens (tertiary/aromatic N) is 1. The summed E-state index contributed by atoms with van der Waals surface area (Å²) in [7, 11) is 0. The van der Waals surface area contributed by atoms with Crippen molar-refractivity contribution >= 4 is 17.4 Å². The van der Waals surface area contributed by atoms with Crippen LogP contribution >= 0.6 is 11.6 Å². The number of hydrogen-bond donors (Lipinski definition) is 1. The number of pyridine rings is 1. The Balaban J connectivity index is 2.07. The van der Waals surface area contributed by atoms with E-state index in [0.29, 0.717) is 12.4 Å². The maximum absolute atomic E-state index is 12.5. The van der Waals surface area contributed by atoms with Crippen molar-refractivity contribution in [3.8, 4) is 0 Å². The third-order valence-electron chi connectivity index (χ3n) is 4.21. The van der Waals surface area contributed by atoms with Gasteiger partial charge in [0, 0.05) is 12.7 Å². The molecule has 6 heteroatoms. The van der Waals surface area contributed by atoms with Crippen LogP contribution in [0.3, 0.4) is 0 Å². The van der Waals surface area contributed by atoms with E-state index in [9.17, 15) is 13.2 Å². The van der Waals surface area contributed by atoms with Crippen molar-refractivity contribution in [1.82, 2.24) is 4.98 Å². The van der Waals surface area contributed by atoms with Crippen LogP contribution in [0.2, 0.25) is 5.02 Å². The van der Waals surface area contributed by atoms with Crippen molar-refractivity contribution < 1.29 is 13.2 Å². The van der Waals surface area contributed by atoms with Gasteiger partial charge in [-0.3, -0.25) is 0 Å². The number of alkyl halides is 3. The second kappa shape index (κ2) is 5.80. The van der Waals surface area contributed by atoms with Crippen LogP contribution in [0, 0.1) is 5.41 Å². The molecule has 1 aromatic heterocycles. The van der Waals surface area contributed by atoms with E-state index < -0.39 is 11.7 Å². The zero-order valence-corrected chi connectivity index (χ0v) is 12.1. The standard InChI is InChI=1S/C14H18ClF3N2/c1-2-13(5-3-4-6-13)9-20-12-11(15)7-10(8-19-12)14(16,17)18/h7-8H,2-6,9H2,1H3,(H,19,20). The molecule has 1 aliphatic rings. The molecular weight excluding hydrogens is 289 g/mol. The first-order chi connectivity index (χ1) is 9.36. The van der Waals surface area contributed by atoms with Gasteiger partial charge in [-0.05, 0) is 30.7 Å². The van der Waals surface area contributed by atoms with Gasteiger partial charge < -0.3 is 5.32 Å². The zero-order valence-electron chi connectivity index (χ0n) is 11.4. The Bertz CT molecular complexity index is 468. The molecule has 0 atom stereocenters. The number of rotatable bonds is 4. The molecule has 0 unspecified atom stereocenters. The highest BCUT2D eigenvalue weighted by atomic mass is 35.5. The predicted molar refractivity (Wildman–Crippen MR) is 73.9 cm³/mol. The van der Waals surface area contributed by atoms with E-state index in [1.165, 1.54) is 12.8 Å². The van der Waals surface area contributed by atoms with Crippen LogP contribution in [0.5, 0.6) is 0 Å². The SMILES string of the molecule is CCC1(CNc2ncc(C(F)(F)F)cc2Cl)CCCC1. The van der Waals surface area contributed by atoms with Crippen molar-refractivity contribution in [1.29, 1.82) is 0 Å². The van der Waals surface area contributed by atoms with Gasteiger partial charge in [0.05, 0.1) is 10.6 Å². The third kappa shape index (κ3) is 3.37. The maximum Gasteiger partial charge on any atom is 0.417 e. The lowest BCUT2D eigenvalue weighted by Crippen LogP contribution is -2.26. The molecule has 0 aliphatic heterocycles. The topological polar surface area (TPSA) is 24.9 Å². The summed E-state index contributed by atoms with van der Waals surface area (Å²) in [5, 5.41) is 3.13. The molecule has 2 nitrogen and oxygen atoms in total. The number of aromatic nitrogens is 1. The Hall–Kier alpha value is -0.970. The molecule has 0 radical (unpaired) electrons. The first-order valence-electron chi connectivity index (χ1n) is 6.83. The Morgan fingerprint density at radius 2 is 2.00 bits per heavy atom. The van der Waals surface area contributed by atoms with Gasteiger partial charge in [0.25, 0.3) is 0 Å². The largest absolute Gasteiger partial charge is 0.417 e. The van der Waals surface area contributed by atoms with Gasteiger partial charge in [0.2, 0.25) is 0 Å². The molecule has 0 saturated heterocycles. The number of halogens is 4. The first-order valence-corrected chi connectivity index (χ1v) is 7.21. The molecule has 2 rings (SSSR count). The summed E-state index contributed by atoms with van der Waals surface area (Å²) in [5.41, 5.74) is -0.590. The van der Waals surface area contributed by atoms with Gasteiger partial charge in [-0.25, -0.2) is 4.98 Å². The van der Waals surface area contributed by atoms with Gasteiger partial charge in [0.15, 0.2) is 0 Å². The van der Waals surface area contributed by atoms with E-state index in [-0.39, 0.29) is 10.4 Å². The smallest absolute Gasteiger partial charge is 0.368 e. The van der Waals surface area contributed by atoms with Crippen molar-refractivity contribution in [2.24, 2.45) is 5.41 Å². The molecule has 0 spiro atoms. The fraction of sp³-hybridized carbons (Fsp3) is 0.643. The minimum atomic E-state index is -4.41. The zero-order chi connectivity index (χ0) is 14.8. The number of hydrogen-bond acceptors (Lipinski definition) is 2. The Morgan fingerprint density at radius 3 is 2.50 bits per heavy atom. The Morgan fingerprint density at radius 1 is 1.35 bits per heavy atom. The van der Waals surface area contributed by atoms with E-state index in [0.717, 1.165) is 31.5 Å². The van der Waals surface area contributed by atoms with E-state index in [2.05, 4.69) is 17.2 Å². The van der Waals surface area contributed by atoms with Crippen LogP contribution in [-0.2, 0) is 6.18 Å². The molecule has 0 bridgehead atoms. The number of nitrogens with one attached hydrogen (secondary N) is 1. The van der Waals surface area contributed by atoms with Gasteiger partial charge in [-0.2, -0.15) is 13.2 Å². The highest BCUT2D eigenvalue weighted by Gasteiger charge is 2.33. The van der Waals surface area contributed by atoms with Gasteiger partial charge in [-0.1, -0.05) is 31.4 Å². The van der Waals surface area contributed by atoms with Crippen LogP contribution in [0.25, 0.3) is 0 Å². The van der Waals surface area contributed by atoms with Crippen LogP contribution in [0.1, 0.15) is 44.6 Å². The lowest BCUT2D eigenvalue weighted by Gasteiger charge is -2.28. The summed E-state index contributed by atoms with van der Waals surface area (Å²) in [4.78, 5) is 3.81. The quantitative estimate of drug-likeness (QED) is 0.833. The summed E-state index contributed by atoms with van der Waals surface area (Å²) in [6.07, 6.45) is 2.18. The molecule has 1 N–H and O–H groups in total. The fourth-order valence-electron chi connectivity index (χ4n) is 2.77. The minimum Gasteiger partial charge on any atom is -0.368 e. The van der Waals surface area contributed by atoms with Crippen molar-refractivity contribution in [3.05, 3.63) is 22.8 Å². The lowest BCUT2D eigenvalue weighted by atomic mass is 9.83. The lowest BCUT2D eigenvalue weighted by molar-refractivity contribution is -0.137. The molecule has 0 aromatic carbocycles. The van der Waals surface area contributed by atoms with Gasteiger partial charge in [0.1, 0.15) is 5.82 Å². The predicted octanol–water partition coefficient (Wildman–Crippen LogP) is 5.14. The summed E-state index contributed by atoms with van der Waals surface area (Å²) < 4.78 is 37.6. The molecule has 112 valence electrons. The van der Waals surface area contributed by atoms with Crippen LogP contribution in [0.4, 0.5) is 19.0 Å². The Kier molecular flexibility index (Phi) is 4.47. The monoisotopic (exact) mass is 306 g/mol. The molecule has 1 heterocycles. The maximum atomic E-state index is 12.5. The minimum absolute atomic E-state index is 0.0177. The molecule has 1 saturated carbocycles. The highest BCUT2D eigenvalue weighted by molar-refractivity contribution is 6.32. The second-order valence-corrected chi connectivity index (χ2v) is 5.87. The van der Waals surface area contributed by atoms with Crippen molar-refractivity contribution in [2.45, 2.75) is 45.2 Å². The van der Waals surface area contributed by atoms with Crippen LogP contribution < -0.4 is 5.32 Å². The Labute approximate surface area is 121 Å². The van der Waals surface area contributed by atoms with Gasteiger partial charge >= 0.3 is 6.18 Å². The summed E-state index contributed by atoms with van der Waals surface area (Å²) in [6.45, 7) is 2.86. The molecule has 0 amide bonds. The number of anilines is 1. The average molecular weight is 307 g/mol. The molecule has 1 aliphatic carbocycles. The van der Waals surface area contributed by atoms with E-state index in [1.807, 2.05) is 0 Å². The normalized spacial score (nSPS) is 18.2. The first kappa shape index (κ1) is 15.4. The highest BCUT2D eigenvalue weighted by Crippen LogP contribution is 2.41. The molecular formula is C14H18ClF3N2. The molecule has 20 heavy (non-hydrogen) atoms. The van der Waals surface area contributed by atoms with Crippen LogP contribution in [-0.4, -0.2) is 11.5 Å². The molecule has 1 fully saturated rings. The summed E-state index contributed by atoms with van der Waals surface area (Å²) in [5.74, 6) is 0.333. The third-order valence-corrected chi connectivity index (χ3v) is 4.50. The van der Waals surface area contributed by atoms with Gasteiger partial charge in [-0.15, -0.1) is 0 Å². The average Bonchev–Trinajstić information content (AvgIpc) is 2.85.